The lowest BCUT2D eigenvalue weighted by molar-refractivity contribution is -0.132. The summed E-state index contributed by atoms with van der Waals surface area (Å²) in [6.07, 6.45) is 1.43. The Morgan fingerprint density at radius 1 is 0.980 bits per heavy atom. The third-order valence-electron chi connectivity index (χ3n) is 8.11. The van der Waals surface area contributed by atoms with Gasteiger partial charge in [-0.1, -0.05) is 17.7 Å². The molecule has 1 saturated heterocycles. The first-order valence-corrected chi connectivity index (χ1v) is 17.7. The lowest BCUT2D eigenvalue weighted by Crippen LogP contribution is -2.50. The van der Waals surface area contributed by atoms with Gasteiger partial charge < -0.3 is 35.8 Å². The zero-order valence-electron chi connectivity index (χ0n) is 27.5. The van der Waals surface area contributed by atoms with Gasteiger partial charge >= 0.3 is 0 Å². The molecular formula is C33H37N9O5S2. The van der Waals surface area contributed by atoms with E-state index in [-0.39, 0.29) is 28.2 Å². The molecule has 6 rings (SSSR count). The molecule has 1 fully saturated rings. The predicted molar refractivity (Wildman–Crippen MR) is 191 cm³/mol. The van der Waals surface area contributed by atoms with Crippen molar-refractivity contribution in [3.05, 3.63) is 76.6 Å². The fourth-order valence-corrected chi connectivity index (χ4v) is 7.57. The van der Waals surface area contributed by atoms with Crippen molar-refractivity contribution in [2.24, 2.45) is 5.73 Å². The van der Waals surface area contributed by atoms with Gasteiger partial charge in [0.15, 0.2) is 5.65 Å². The average molecular weight is 704 g/mol. The summed E-state index contributed by atoms with van der Waals surface area (Å²) in [7, 11) is 1.28. The van der Waals surface area contributed by atoms with E-state index in [1.165, 1.54) is 17.5 Å². The molecule has 16 heteroatoms. The highest BCUT2D eigenvalue weighted by atomic mass is 32.2. The van der Waals surface area contributed by atoms with Crippen LogP contribution in [0.3, 0.4) is 0 Å². The van der Waals surface area contributed by atoms with Crippen LogP contribution < -0.4 is 26.0 Å². The number of primary amides is 1. The molecule has 0 bridgehead atoms. The molecule has 0 unspecified atom stereocenters. The van der Waals surface area contributed by atoms with Crippen molar-refractivity contribution in [1.82, 2.24) is 23.7 Å². The van der Waals surface area contributed by atoms with Gasteiger partial charge in [-0.15, -0.1) is 11.3 Å². The van der Waals surface area contributed by atoms with Gasteiger partial charge in [-0.3, -0.25) is 9.59 Å². The Morgan fingerprint density at radius 2 is 1.71 bits per heavy atom. The Hall–Kier alpha value is -5.19. The van der Waals surface area contributed by atoms with E-state index in [2.05, 4.69) is 25.5 Å². The minimum Gasteiger partial charge on any atom is -0.494 e. The summed E-state index contributed by atoms with van der Waals surface area (Å²) in [4.78, 5) is 40.3. The summed E-state index contributed by atoms with van der Waals surface area (Å²) < 4.78 is 34.5. The third kappa shape index (κ3) is 7.02. The van der Waals surface area contributed by atoms with Gasteiger partial charge in [0.25, 0.3) is 15.9 Å². The summed E-state index contributed by atoms with van der Waals surface area (Å²) in [5, 5.41) is 8.49. The van der Waals surface area contributed by atoms with Gasteiger partial charge in [-0.2, -0.15) is 9.97 Å². The summed E-state index contributed by atoms with van der Waals surface area (Å²) >= 11 is 1.18. The number of benzene rings is 2. The monoisotopic (exact) mass is 703 g/mol. The molecule has 2 amide bonds. The number of ether oxygens (including phenoxy) is 1. The number of nitrogens with two attached hydrogens (primary N) is 1. The molecule has 3 aromatic heterocycles. The minimum atomic E-state index is -4.03. The Balaban J connectivity index is 1.34. The second kappa shape index (κ2) is 13.7. The van der Waals surface area contributed by atoms with Crippen molar-refractivity contribution in [2.45, 2.75) is 11.8 Å². The summed E-state index contributed by atoms with van der Waals surface area (Å²) in [6.45, 7) is 4.84. The number of amides is 2. The van der Waals surface area contributed by atoms with Crippen molar-refractivity contribution >= 4 is 73.0 Å². The normalized spacial score (nSPS) is 13.6. The van der Waals surface area contributed by atoms with Gasteiger partial charge in [0.2, 0.25) is 11.9 Å². The van der Waals surface area contributed by atoms with Crippen LogP contribution >= 0.6 is 11.3 Å². The molecule has 256 valence electrons. The average Bonchev–Trinajstić information content (AvgIpc) is 3.73. The van der Waals surface area contributed by atoms with Crippen molar-refractivity contribution < 1.29 is 22.7 Å². The Labute approximate surface area is 288 Å². The molecule has 5 aromatic rings. The largest absolute Gasteiger partial charge is 0.494 e. The molecule has 0 spiro atoms. The molecule has 14 nitrogen and oxygen atoms in total. The lowest BCUT2D eigenvalue weighted by Gasteiger charge is -2.36. The van der Waals surface area contributed by atoms with Gasteiger partial charge in [-0.25, -0.2) is 12.4 Å². The van der Waals surface area contributed by atoms with Crippen molar-refractivity contribution in [3.8, 4) is 5.75 Å². The number of carbonyl (C=O) groups is 2. The van der Waals surface area contributed by atoms with E-state index >= 15 is 0 Å². The molecular weight excluding hydrogens is 667 g/mol. The number of methoxy groups -OCH3 is 1. The highest BCUT2D eigenvalue weighted by molar-refractivity contribution is 7.90. The first-order valence-electron chi connectivity index (χ1n) is 15.4. The number of piperazine rings is 1. The molecule has 0 radical (unpaired) electrons. The first kappa shape index (κ1) is 33.7. The number of likely N-dealkylation sites (N-methyl/N-ethyl adjacent to an activating group) is 1. The van der Waals surface area contributed by atoms with Gasteiger partial charge in [0, 0.05) is 44.1 Å². The standard InChI is InChI=1S/C33H37N9O5S2/c1-21-5-8-23(9-6-21)49(45,46)42-13-11-24-31(35-26-12-18-48-29(26)30(34)44)37-33(38-32(24)42)36-25-10-7-22(19-27(25)47-4)40-14-16-41(17-15-40)28(43)20-39(2)3/h5-13,18-19H,14-17,20H2,1-4H3,(H2,34,44)(H2,35,36,37,38). The maximum absolute atomic E-state index is 13.8. The van der Waals surface area contributed by atoms with Crippen LogP contribution in [0.5, 0.6) is 5.75 Å². The molecule has 0 saturated carbocycles. The van der Waals surface area contributed by atoms with E-state index in [4.69, 9.17) is 10.5 Å². The zero-order chi connectivity index (χ0) is 34.9. The van der Waals surface area contributed by atoms with Gasteiger partial charge in [0.05, 0.1) is 35.3 Å². The maximum Gasteiger partial charge on any atom is 0.269 e. The number of nitrogens with one attached hydrogen (secondary N) is 2. The van der Waals surface area contributed by atoms with Crippen LogP contribution in [0, 0.1) is 6.92 Å². The van der Waals surface area contributed by atoms with E-state index in [0.29, 0.717) is 60.1 Å². The molecule has 0 atom stereocenters. The molecule has 1 aliphatic heterocycles. The van der Waals surface area contributed by atoms with Gasteiger partial charge in [0.1, 0.15) is 16.4 Å². The van der Waals surface area contributed by atoms with E-state index in [0.717, 1.165) is 15.2 Å². The number of anilines is 5. The Kier molecular flexibility index (Phi) is 9.45. The quantitative estimate of drug-likeness (QED) is 0.183. The summed E-state index contributed by atoms with van der Waals surface area (Å²) in [6, 6.07) is 15.5. The van der Waals surface area contributed by atoms with Crippen LogP contribution in [0.4, 0.5) is 28.8 Å². The van der Waals surface area contributed by atoms with Crippen molar-refractivity contribution in [2.75, 3.05) is 69.5 Å². The minimum absolute atomic E-state index is 0.0870. The zero-order valence-corrected chi connectivity index (χ0v) is 29.1. The smallest absolute Gasteiger partial charge is 0.269 e. The Bertz CT molecular complexity index is 2120. The van der Waals surface area contributed by atoms with Crippen LogP contribution in [0.25, 0.3) is 11.0 Å². The second-order valence-electron chi connectivity index (χ2n) is 11.8. The Morgan fingerprint density at radius 3 is 2.39 bits per heavy atom. The highest BCUT2D eigenvalue weighted by Crippen LogP contribution is 2.35. The van der Waals surface area contributed by atoms with Crippen molar-refractivity contribution in [1.29, 1.82) is 0 Å². The number of nitrogens with zero attached hydrogens (tertiary/aromatic N) is 6. The number of hydrogen-bond donors (Lipinski definition) is 3. The fourth-order valence-electron chi connectivity index (χ4n) is 5.57. The van der Waals surface area contributed by atoms with Crippen LogP contribution in [0.1, 0.15) is 15.2 Å². The van der Waals surface area contributed by atoms with E-state index in [1.54, 1.807) is 48.9 Å². The van der Waals surface area contributed by atoms with Crippen LogP contribution in [-0.2, 0) is 14.8 Å². The summed E-state index contributed by atoms with van der Waals surface area (Å²) in [5.74, 6) is 0.369. The van der Waals surface area contributed by atoms with Crippen LogP contribution in [-0.4, -0.2) is 97.9 Å². The van der Waals surface area contributed by atoms with Gasteiger partial charge in [-0.05, 0) is 62.8 Å². The fraction of sp³-hybridized carbons (Fsp3) is 0.273. The van der Waals surface area contributed by atoms with Crippen LogP contribution in [0.15, 0.2) is 71.1 Å². The predicted octanol–water partition coefficient (Wildman–Crippen LogP) is 3.84. The maximum atomic E-state index is 13.8. The molecule has 2 aromatic carbocycles. The van der Waals surface area contributed by atoms with E-state index in [1.807, 2.05) is 49.0 Å². The molecule has 0 aliphatic carbocycles. The lowest BCUT2D eigenvalue weighted by atomic mass is 10.2. The third-order valence-corrected chi connectivity index (χ3v) is 10.7. The highest BCUT2D eigenvalue weighted by Gasteiger charge is 2.25. The molecule has 4 N–H and O–H groups in total. The first-order chi connectivity index (χ1) is 23.4. The number of aryl methyl sites for hydroxylation is 1. The number of carbonyl (C=O) groups excluding carboxylic acids is 2. The number of thiophene rings is 1. The summed E-state index contributed by atoms with van der Waals surface area (Å²) in [5.41, 5.74) is 8.55. The number of hydrogen-bond acceptors (Lipinski definition) is 12. The van der Waals surface area contributed by atoms with E-state index in [9.17, 15) is 18.0 Å². The van der Waals surface area contributed by atoms with Crippen LogP contribution in [0.2, 0.25) is 0 Å². The molecule has 4 heterocycles. The number of fused-ring (bicyclic) bond motifs is 1. The molecule has 49 heavy (non-hydrogen) atoms. The SMILES string of the molecule is COc1cc(N2CCN(C(=O)CN(C)C)CC2)ccc1Nc1nc(Nc2ccsc2C(N)=O)c2ccn(S(=O)(=O)c3ccc(C)cc3)c2n1. The number of rotatable bonds is 11. The van der Waals surface area contributed by atoms with Crippen molar-refractivity contribution in [3.63, 3.8) is 0 Å². The number of aromatic nitrogens is 3. The second-order valence-corrected chi connectivity index (χ2v) is 14.6. The van der Waals surface area contributed by atoms with E-state index < -0.39 is 15.9 Å². The topological polar surface area (TPSA) is 168 Å². The molecule has 1 aliphatic rings.